The minimum Gasteiger partial charge on any atom is -0.465 e. The lowest BCUT2D eigenvalue weighted by atomic mass is 9.69. The quantitative estimate of drug-likeness (QED) is 0.715. The minimum atomic E-state index is -0.683. The smallest absolute Gasteiger partial charge is 0.310 e. The molecule has 0 spiro atoms. The number of carbonyl (C=O) groups excluding carboxylic acids is 1. The Kier molecular flexibility index (Phi) is 2.12. The van der Waals surface area contributed by atoms with Gasteiger partial charge in [0.15, 0.2) is 11.5 Å². The number of esters is 1. The van der Waals surface area contributed by atoms with Gasteiger partial charge in [-0.05, 0) is 29.2 Å². The summed E-state index contributed by atoms with van der Waals surface area (Å²) in [5.74, 6) is 0.738. The number of benzene rings is 1. The number of ether oxygens (including phenoxy) is 3. The molecular weight excluding hydrogens is 248 g/mol. The number of hydrogen-bond acceptors (Lipinski definition) is 5. The molecule has 0 amide bonds. The molecule has 0 radical (unpaired) electrons. The van der Waals surface area contributed by atoms with Crippen LogP contribution in [-0.2, 0) is 9.53 Å². The fraction of sp³-hybridized carbons (Fsp3) is 0.500. The minimum absolute atomic E-state index is 0.0212. The fourth-order valence-electron chi connectivity index (χ4n) is 3.46. The van der Waals surface area contributed by atoms with Crippen LogP contribution in [0.25, 0.3) is 0 Å². The van der Waals surface area contributed by atoms with Gasteiger partial charge in [-0.25, -0.2) is 0 Å². The average molecular weight is 262 g/mol. The fourth-order valence-corrected chi connectivity index (χ4v) is 3.46. The van der Waals surface area contributed by atoms with Gasteiger partial charge in [-0.15, -0.1) is 0 Å². The van der Waals surface area contributed by atoms with Crippen molar-refractivity contribution in [3.63, 3.8) is 0 Å². The van der Waals surface area contributed by atoms with Gasteiger partial charge in [0.1, 0.15) is 0 Å². The van der Waals surface area contributed by atoms with E-state index in [1.165, 1.54) is 0 Å². The van der Waals surface area contributed by atoms with Crippen LogP contribution in [-0.4, -0.2) is 24.5 Å². The van der Waals surface area contributed by atoms with E-state index in [1.54, 1.807) is 0 Å². The molecule has 2 heterocycles. The van der Waals surface area contributed by atoms with Crippen molar-refractivity contribution in [2.75, 3.05) is 13.4 Å². The Bertz CT molecular complexity index is 567. The highest BCUT2D eigenvalue weighted by molar-refractivity contribution is 5.77. The molecule has 0 aromatic heterocycles. The molecule has 1 N–H and O–H groups in total. The van der Waals surface area contributed by atoms with Crippen LogP contribution in [0.1, 0.15) is 30.1 Å². The second-order valence-corrected chi connectivity index (χ2v) is 5.39. The zero-order valence-electron chi connectivity index (χ0n) is 10.5. The largest absolute Gasteiger partial charge is 0.465 e. The van der Waals surface area contributed by atoms with E-state index < -0.39 is 6.10 Å². The Labute approximate surface area is 110 Å². The van der Waals surface area contributed by atoms with Gasteiger partial charge in [-0.3, -0.25) is 4.79 Å². The first-order valence-corrected chi connectivity index (χ1v) is 6.45. The number of hydrogen-bond donors (Lipinski definition) is 1. The SMILES string of the molecule is C[C@@H]1c2cc3c(cc2[C@H](O)[C@H]2COC(=O)[C@H]21)OCO3. The summed E-state index contributed by atoms with van der Waals surface area (Å²) in [5.41, 5.74) is 1.79. The third-order valence-corrected chi connectivity index (χ3v) is 4.48. The van der Waals surface area contributed by atoms with Crippen molar-refractivity contribution in [1.29, 1.82) is 0 Å². The number of cyclic esters (lactones) is 1. The van der Waals surface area contributed by atoms with Gasteiger partial charge in [0.05, 0.1) is 18.6 Å². The predicted octanol–water partition coefficient (Wildman–Crippen LogP) is 1.35. The lowest BCUT2D eigenvalue weighted by molar-refractivity contribution is -0.141. The lowest BCUT2D eigenvalue weighted by Crippen LogP contribution is -2.32. The van der Waals surface area contributed by atoms with E-state index in [4.69, 9.17) is 14.2 Å². The standard InChI is InChI=1S/C14H14O5/c1-6-7-2-10-11(19-5-18-10)3-8(7)13(15)9-4-17-14(16)12(6)9/h2-3,6,9,12-13,15H,4-5H2,1H3/t6-,9+,12+,13+/m1/s1. The third-order valence-electron chi connectivity index (χ3n) is 4.48. The second kappa shape index (κ2) is 3.63. The van der Waals surface area contributed by atoms with E-state index >= 15 is 0 Å². The van der Waals surface area contributed by atoms with Crippen molar-refractivity contribution >= 4 is 5.97 Å². The van der Waals surface area contributed by atoms with E-state index in [0.717, 1.165) is 11.1 Å². The number of aliphatic hydroxyl groups excluding tert-OH is 1. The number of rotatable bonds is 0. The summed E-state index contributed by atoms with van der Waals surface area (Å²) in [6.45, 7) is 2.50. The predicted molar refractivity (Wildman–Crippen MR) is 63.9 cm³/mol. The second-order valence-electron chi connectivity index (χ2n) is 5.39. The van der Waals surface area contributed by atoms with Crippen molar-refractivity contribution in [2.45, 2.75) is 18.9 Å². The maximum atomic E-state index is 11.8. The summed E-state index contributed by atoms with van der Waals surface area (Å²) < 4.78 is 15.8. The Morgan fingerprint density at radius 1 is 1.16 bits per heavy atom. The van der Waals surface area contributed by atoms with Crippen LogP contribution in [0.4, 0.5) is 0 Å². The molecule has 3 aliphatic rings. The summed E-state index contributed by atoms with van der Waals surface area (Å²) in [7, 11) is 0. The molecule has 1 aromatic rings. The van der Waals surface area contributed by atoms with Crippen LogP contribution in [0.3, 0.4) is 0 Å². The van der Waals surface area contributed by atoms with E-state index in [0.29, 0.717) is 18.1 Å². The van der Waals surface area contributed by atoms with Gasteiger partial charge >= 0.3 is 5.97 Å². The Hall–Kier alpha value is -1.75. The summed E-state index contributed by atoms with van der Waals surface area (Å²) in [5, 5.41) is 10.5. The number of carbonyl (C=O) groups is 1. The molecule has 19 heavy (non-hydrogen) atoms. The van der Waals surface area contributed by atoms with Crippen LogP contribution in [0.2, 0.25) is 0 Å². The first-order chi connectivity index (χ1) is 9.16. The van der Waals surface area contributed by atoms with Gasteiger partial charge in [0, 0.05) is 5.92 Å². The molecule has 5 heteroatoms. The molecule has 1 fully saturated rings. The van der Waals surface area contributed by atoms with Crippen LogP contribution in [0, 0.1) is 11.8 Å². The van der Waals surface area contributed by atoms with E-state index in [2.05, 4.69) is 0 Å². The zero-order chi connectivity index (χ0) is 13.1. The lowest BCUT2D eigenvalue weighted by Gasteiger charge is -2.34. The van der Waals surface area contributed by atoms with E-state index in [-0.39, 0.29) is 30.5 Å². The van der Waals surface area contributed by atoms with Crippen LogP contribution >= 0.6 is 0 Å². The number of aliphatic hydroxyl groups is 1. The van der Waals surface area contributed by atoms with Crippen LogP contribution < -0.4 is 9.47 Å². The van der Waals surface area contributed by atoms with Crippen molar-refractivity contribution in [3.05, 3.63) is 23.3 Å². The Morgan fingerprint density at radius 3 is 2.58 bits per heavy atom. The van der Waals surface area contributed by atoms with Crippen molar-refractivity contribution in [1.82, 2.24) is 0 Å². The maximum Gasteiger partial charge on any atom is 0.310 e. The topological polar surface area (TPSA) is 65.0 Å². The highest BCUT2D eigenvalue weighted by Gasteiger charge is 2.49. The van der Waals surface area contributed by atoms with Gasteiger partial charge < -0.3 is 19.3 Å². The van der Waals surface area contributed by atoms with Gasteiger partial charge in [0.25, 0.3) is 0 Å². The van der Waals surface area contributed by atoms with Crippen molar-refractivity contribution in [2.24, 2.45) is 11.8 Å². The molecule has 100 valence electrons. The van der Waals surface area contributed by atoms with E-state index in [1.807, 2.05) is 19.1 Å². The molecule has 4 atom stereocenters. The molecule has 1 aromatic carbocycles. The molecule has 2 aliphatic heterocycles. The summed E-state index contributed by atoms with van der Waals surface area (Å²) in [6.07, 6.45) is -0.683. The maximum absolute atomic E-state index is 11.8. The highest BCUT2D eigenvalue weighted by atomic mass is 16.7. The Morgan fingerprint density at radius 2 is 1.84 bits per heavy atom. The van der Waals surface area contributed by atoms with Crippen molar-refractivity contribution < 1.29 is 24.1 Å². The monoisotopic (exact) mass is 262 g/mol. The van der Waals surface area contributed by atoms with E-state index in [9.17, 15) is 9.90 Å². The van der Waals surface area contributed by atoms with Crippen molar-refractivity contribution in [3.8, 4) is 11.5 Å². The molecule has 0 unspecified atom stereocenters. The molecule has 1 saturated heterocycles. The van der Waals surface area contributed by atoms with Gasteiger partial charge in [-0.1, -0.05) is 6.92 Å². The summed E-state index contributed by atoms with van der Waals surface area (Å²) >= 11 is 0. The zero-order valence-corrected chi connectivity index (χ0v) is 10.5. The molecule has 0 saturated carbocycles. The normalized spacial score (nSPS) is 34.7. The first kappa shape index (κ1) is 11.1. The molecule has 0 bridgehead atoms. The summed E-state index contributed by atoms with van der Waals surface area (Å²) in [4.78, 5) is 11.8. The van der Waals surface area contributed by atoms with Crippen LogP contribution in [0.5, 0.6) is 11.5 Å². The molecular formula is C14H14O5. The first-order valence-electron chi connectivity index (χ1n) is 6.45. The number of fused-ring (bicyclic) bond motifs is 3. The molecule has 1 aliphatic carbocycles. The Balaban J connectivity index is 1.87. The summed E-state index contributed by atoms with van der Waals surface area (Å²) in [6, 6.07) is 3.71. The average Bonchev–Trinajstić information content (AvgIpc) is 3.00. The highest BCUT2D eigenvalue weighted by Crippen LogP contribution is 2.51. The molecule has 5 nitrogen and oxygen atoms in total. The van der Waals surface area contributed by atoms with Gasteiger partial charge in [-0.2, -0.15) is 0 Å². The third kappa shape index (κ3) is 1.36. The van der Waals surface area contributed by atoms with Crippen LogP contribution in [0.15, 0.2) is 12.1 Å². The molecule has 4 rings (SSSR count). The van der Waals surface area contributed by atoms with Gasteiger partial charge in [0.2, 0.25) is 6.79 Å².